The summed E-state index contributed by atoms with van der Waals surface area (Å²) < 4.78 is 1.48. The van der Waals surface area contributed by atoms with E-state index in [-0.39, 0.29) is 42.6 Å². The predicted molar refractivity (Wildman–Crippen MR) is 125 cm³/mol. The van der Waals surface area contributed by atoms with Crippen LogP contribution in [-0.4, -0.2) is 7.74 Å². The van der Waals surface area contributed by atoms with Crippen LogP contribution in [0.25, 0.3) is 0 Å². The molecule has 0 bridgehead atoms. The first-order valence-corrected chi connectivity index (χ1v) is 15.8. The minimum Gasteiger partial charge on any atom is -1.00 e. The van der Waals surface area contributed by atoms with Gasteiger partial charge in [-0.15, -0.1) is 0 Å². The van der Waals surface area contributed by atoms with Crippen molar-refractivity contribution in [3.05, 3.63) is 80.4 Å². The Balaban J connectivity index is 0.00000300. The molecule has 0 saturated heterocycles. The Bertz CT molecular complexity index is 916. The maximum atomic E-state index is 3.51. The molecule has 168 valence electrons. The molecule has 2 aromatic carbocycles. The number of benzene rings is 2. The topological polar surface area (TPSA) is 0 Å². The molecule has 2 aromatic rings. The largest absolute Gasteiger partial charge is 1.00 e. The smallest absolute Gasteiger partial charge is 1.00 e. The van der Waals surface area contributed by atoms with E-state index in [4.69, 9.17) is 0 Å². The Morgan fingerprint density at radius 2 is 1.06 bits per heavy atom. The summed E-state index contributed by atoms with van der Waals surface area (Å²) in [6, 6.07) is 18.6. The molecule has 3 rings (SSSR count). The summed E-state index contributed by atoms with van der Waals surface area (Å²) in [5, 5.41) is 4.68. The number of hydrogen-bond donors (Lipinski definition) is 0. The first-order chi connectivity index (χ1) is 13.0. The molecule has 31 heavy (non-hydrogen) atoms. The third-order valence-electron chi connectivity index (χ3n) is 6.42. The molecule has 0 heterocycles. The van der Waals surface area contributed by atoms with E-state index in [0.29, 0.717) is 0 Å². The summed E-state index contributed by atoms with van der Waals surface area (Å²) in [5.41, 5.74) is 5.85. The number of allylic oxidation sites excluding steroid dienone is 4. The minimum absolute atomic E-state index is 0. The molecular weight excluding hydrogens is 518 g/mol. The van der Waals surface area contributed by atoms with Crippen LogP contribution in [0.1, 0.15) is 38.8 Å². The SMILES string of the molecule is CC1=C(C)C(C)(C)[C]([Cr+3])=C1[Si](C)(C)P(c1ccc(C)cc1)c1ccc(C)cc1.[Cl-].[Cl-].[Cl-]. The van der Waals surface area contributed by atoms with Crippen molar-refractivity contribution < 1.29 is 53.5 Å². The Morgan fingerprint density at radius 3 is 1.35 bits per heavy atom. The van der Waals surface area contributed by atoms with E-state index in [1.54, 1.807) is 5.20 Å². The second kappa shape index (κ2) is 11.4. The van der Waals surface area contributed by atoms with Gasteiger partial charge in [0, 0.05) is 0 Å². The van der Waals surface area contributed by atoms with E-state index in [1.165, 1.54) is 37.3 Å². The molecule has 0 saturated carbocycles. The van der Waals surface area contributed by atoms with Gasteiger partial charge in [-0.2, -0.15) is 0 Å². The van der Waals surface area contributed by atoms with Gasteiger partial charge in [-0.25, -0.2) is 0 Å². The molecule has 0 radical (unpaired) electrons. The van der Waals surface area contributed by atoms with Gasteiger partial charge in [0.25, 0.3) is 0 Å². The summed E-state index contributed by atoms with van der Waals surface area (Å²) >= 11 is 3.51. The zero-order valence-corrected chi connectivity index (χ0v) is 25.0. The van der Waals surface area contributed by atoms with Gasteiger partial charge in [0.05, 0.1) is 0 Å². The van der Waals surface area contributed by atoms with Gasteiger partial charge in [0.1, 0.15) is 0 Å². The van der Waals surface area contributed by atoms with Gasteiger partial charge in [-0.1, -0.05) is 0 Å². The maximum Gasteiger partial charge on any atom is -1.00 e. The Labute approximate surface area is 218 Å². The average molecular weight is 550 g/mol. The van der Waals surface area contributed by atoms with Gasteiger partial charge in [-0.3, -0.25) is 0 Å². The summed E-state index contributed by atoms with van der Waals surface area (Å²) in [4.78, 5) is 0. The van der Waals surface area contributed by atoms with Crippen molar-refractivity contribution >= 4 is 25.8 Å². The normalized spacial score (nSPS) is 15.4. The van der Waals surface area contributed by atoms with Crippen LogP contribution in [0.3, 0.4) is 0 Å². The predicted octanol–water partition coefficient (Wildman–Crippen LogP) is -2.33. The molecule has 0 fully saturated rings. The van der Waals surface area contributed by atoms with Crippen molar-refractivity contribution in [1.29, 1.82) is 0 Å². The number of rotatable bonds is 4. The van der Waals surface area contributed by atoms with Crippen LogP contribution >= 0.6 is 7.47 Å². The zero-order chi connectivity index (χ0) is 20.9. The van der Waals surface area contributed by atoms with Crippen LogP contribution in [0.15, 0.2) is 69.3 Å². The van der Waals surface area contributed by atoms with Crippen molar-refractivity contribution in [2.24, 2.45) is 5.41 Å². The van der Waals surface area contributed by atoms with Crippen LogP contribution < -0.4 is 47.8 Å². The van der Waals surface area contributed by atoms with E-state index in [9.17, 15) is 0 Å². The molecule has 0 nitrogen and oxygen atoms in total. The summed E-state index contributed by atoms with van der Waals surface area (Å²) in [5.74, 6) is 0. The summed E-state index contributed by atoms with van der Waals surface area (Å²) in [7, 11) is -2.23. The summed E-state index contributed by atoms with van der Waals surface area (Å²) in [6.07, 6.45) is 0. The molecule has 1 aliphatic carbocycles. The molecule has 0 unspecified atom stereocenters. The Kier molecular flexibility index (Phi) is 11.4. The second-order valence-corrected chi connectivity index (χ2v) is 19.8. The van der Waals surface area contributed by atoms with Crippen molar-refractivity contribution in [3.63, 3.8) is 0 Å². The number of halogens is 3. The molecule has 6 heteroatoms. The molecule has 0 spiro atoms. The van der Waals surface area contributed by atoms with E-state index in [2.05, 4.69) is 119 Å². The molecule has 0 aromatic heterocycles. The summed E-state index contributed by atoms with van der Waals surface area (Å²) in [6.45, 7) is 18.9. The molecular formula is C25H32Cl3CrPSi. The molecule has 0 amide bonds. The molecule has 1 aliphatic rings. The molecule has 0 atom stereocenters. The van der Waals surface area contributed by atoms with Crippen molar-refractivity contribution in [3.8, 4) is 0 Å². The first-order valence-electron chi connectivity index (χ1n) is 10.0. The van der Waals surface area contributed by atoms with Crippen LogP contribution in [0, 0.1) is 19.3 Å². The first kappa shape index (κ1) is 31.0. The van der Waals surface area contributed by atoms with Gasteiger partial charge in [0.15, 0.2) is 0 Å². The Morgan fingerprint density at radius 1 is 0.710 bits per heavy atom. The molecule has 0 N–H and O–H groups in total. The average Bonchev–Trinajstić information content (AvgIpc) is 2.78. The van der Waals surface area contributed by atoms with E-state index in [1.807, 2.05) is 0 Å². The molecule has 0 aliphatic heterocycles. The quantitative estimate of drug-likeness (QED) is 0.297. The van der Waals surface area contributed by atoms with Crippen molar-refractivity contribution in [2.75, 3.05) is 0 Å². The minimum atomic E-state index is -1.82. The van der Waals surface area contributed by atoms with Crippen LogP contribution in [-0.2, 0) is 16.3 Å². The fourth-order valence-corrected chi connectivity index (χ4v) is 17.3. The third-order valence-corrected chi connectivity index (χ3v) is 18.0. The fourth-order valence-electron chi connectivity index (χ4n) is 4.34. The van der Waals surface area contributed by atoms with Gasteiger partial charge in [-0.05, 0) is 0 Å². The van der Waals surface area contributed by atoms with E-state index < -0.39 is 15.2 Å². The number of aryl methyl sites for hydroxylation is 2. The van der Waals surface area contributed by atoms with Crippen LogP contribution in [0.5, 0.6) is 0 Å². The monoisotopic (exact) mass is 548 g/mol. The maximum absolute atomic E-state index is 3.51. The van der Waals surface area contributed by atoms with Crippen molar-refractivity contribution in [1.82, 2.24) is 0 Å². The van der Waals surface area contributed by atoms with E-state index in [0.717, 1.165) is 0 Å². The van der Waals surface area contributed by atoms with Crippen LogP contribution in [0.2, 0.25) is 13.1 Å². The van der Waals surface area contributed by atoms with Gasteiger partial charge >= 0.3 is 183 Å². The van der Waals surface area contributed by atoms with E-state index >= 15 is 0 Å². The van der Waals surface area contributed by atoms with Gasteiger partial charge in [0.2, 0.25) is 0 Å². The van der Waals surface area contributed by atoms with Crippen molar-refractivity contribution in [2.45, 2.75) is 54.6 Å². The number of hydrogen-bond acceptors (Lipinski definition) is 0. The standard InChI is InChI=1S/C25H32PSi.3ClH.Cr/c1-18-9-13-22(14-10-18)26(23-15-11-19(2)12-16-23)27(7,8)24-17-25(5,6)21(4)20(24)3;;;;/h9-16H,1-8H3;3*1H;/q;;;;+3/p-3. The third kappa shape index (κ3) is 5.73. The zero-order valence-electron chi connectivity index (χ0n) is 19.6. The van der Waals surface area contributed by atoms with Gasteiger partial charge < -0.3 is 37.2 Å². The fraction of sp³-hybridized carbons (Fsp3) is 0.360. The Hall–Kier alpha value is -0.0306. The van der Waals surface area contributed by atoms with Crippen LogP contribution in [0.4, 0.5) is 0 Å². The second-order valence-electron chi connectivity index (χ2n) is 9.14.